The molecule has 1 aliphatic rings. The fourth-order valence-corrected chi connectivity index (χ4v) is 2.69. The molecule has 1 fully saturated rings. The first-order valence-electron chi connectivity index (χ1n) is 8.29. The number of nitrogens with one attached hydrogen (secondary N) is 2. The lowest BCUT2D eigenvalue weighted by molar-refractivity contribution is 0.00594. The van der Waals surface area contributed by atoms with Crippen molar-refractivity contribution in [1.82, 2.24) is 15.7 Å². The van der Waals surface area contributed by atoms with Crippen LogP contribution < -0.4 is 10.7 Å². The molecule has 0 saturated carbocycles. The summed E-state index contributed by atoms with van der Waals surface area (Å²) < 4.78 is 0. The largest absolute Gasteiger partial charge is 0.385 e. The Morgan fingerprint density at radius 2 is 1.88 bits per heavy atom. The lowest BCUT2D eigenvalue weighted by Gasteiger charge is -2.32. The Kier molecular flexibility index (Phi) is 7.66. The number of rotatable bonds is 4. The average molecular weight is 356 g/mol. The highest BCUT2D eigenvalue weighted by atomic mass is 32.1. The van der Waals surface area contributed by atoms with E-state index in [0.717, 1.165) is 42.9 Å². The van der Waals surface area contributed by atoms with Gasteiger partial charge in [-0.1, -0.05) is 48.6 Å². The molecule has 6 heteroatoms. The summed E-state index contributed by atoms with van der Waals surface area (Å²) in [5, 5.41) is 17.5. The molecule has 0 atom stereocenters. The molecule has 0 radical (unpaired) electrons. The third-order valence-corrected chi connectivity index (χ3v) is 4.17. The number of aromatic nitrogens is 1. The number of aliphatic hydroxyl groups is 1. The van der Waals surface area contributed by atoms with Gasteiger partial charge in [-0.05, 0) is 50.6 Å². The normalized spacial score (nSPS) is 16.3. The van der Waals surface area contributed by atoms with E-state index >= 15 is 0 Å². The van der Waals surface area contributed by atoms with Crippen LogP contribution in [0.5, 0.6) is 0 Å². The molecule has 0 amide bonds. The number of benzene rings is 1. The molecule has 0 spiro atoms. The highest BCUT2D eigenvalue weighted by Gasteiger charge is 2.30. The van der Waals surface area contributed by atoms with Gasteiger partial charge in [-0.2, -0.15) is 5.10 Å². The van der Waals surface area contributed by atoms with Crippen molar-refractivity contribution < 1.29 is 5.11 Å². The predicted molar refractivity (Wildman–Crippen MR) is 106 cm³/mol. The zero-order chi connectivity index (χ0) is 18.0. The lowest BCUT2D eigenvalue weighted by atomic mass is 9.85. The van der Waals surface area contributed by atoms with E-state index < -0.39 is 5.60 Å². The average Bonchev–Trinajstić information content (AvgIpc) is 2.68. The van der Waals surface area contributed by atoms with Crippen LogP contribution in [0.15, 0.2) is 59.8 Å². The summed E-state index contributed by atoms with van der Waals surface area (Å²) in [5.41, 5.74) is 6.06. The molecule has 1 aromatic heterocycles. The van der Waals surface area contributed by atoms with E-state index in [1.165, 1.54) is 5.49 Å². The Morgan fingerprint density at radius 1 is 1.20 bits per heavy atom. The number of piperidine rings is 1. The zero-order valence-electron chi connectivity index (χ0n) is 14.4. The van der Waals surface area contributed by atoms with Gasteiger partial charge < -0.3 is 10.4 Å². The van der Waals surface area contributed by atoms with E-state index in [1.54, 1.807) is 6.20 Å². The molecule has 25 heavy (non-hydrogen) atoms. The van der Waals surface area contributed by atoms with Crippen LogP contribution >= 0.6 is 12.2 Å². The molecule has 3 rings (SSSR count). The van der Waals surface area contributed by atoms with Crippen molar-refractivity contribution in [1.29, 1.82) is 0 Å². The van der Waals surface area contributed by atoms with Gasteiger partial charge in [0.15, 0.2) is 0 Å². The monoisotopic (exact) mass is 356 g/mol. The minimum atomic E-state index is -0.591. The Labute approximate surface area is 154 Å². The maximum atomic E-state index is 10.3. The topological polar surface area (TPSA) is 69.5 Å². The van der Waals surface area contributed by atoms with Gasteiger partial charge in [0.2, 0.25) is 0 Å². The number of nitrogens with zero attached hydrogens (tertiary/aromatic N) is 2. The highest BCUT2D eigenvalue weighted by molar-refractivity contribution is 7.78. The SMILES string of the molecule is CC(=NNC=S)c1ccccn1.OC1(c2ccccc2)CCNCC1. The molecule has 132 valence electrons. The van der Waals surface area contributed by atoms with Crippen molar-refractivity contribution >= 4 is 23.4 Å². The summed E-state index contributed by atoms with van der Waals surface area (Å²) >= 11 is 4.56. The van der Waals surface area contributed by atoms with E-state index in [4.69, 9.17) is 0 Å². The van der Waals surface area contributed by atoms with Crippen molar-refractivity contribution in [3.05, 3.63) is 66.0 Å². The molecule has 1 aromatic carbocycles. The summed E-state index contributed by atoms with van der Waals surface area (Å²) in [6.45, 7) is 3.69. The van der Waals surface area contributed by atoms with Crippen molar-refractivity contribution in [2.45, 2.75) is 25.4 Å². The third kappa shape index (κ3) is 6.01. The lowest BCUT2D eigenvalue weighted by Crippen LogP contribution is -2.39. The minimum Gasteiger partial charge on any atom is -0.385 e. The van der Waals surface area contributed by atoms with Crippen LogP contribution in [-0.2, 0) is 5.60 Å². The second-order valence-corrected chi connectivity index (χ2v) is 6.04. The van der Waals surface area contributed by atoms with Crippen LogP contribution in [0.3, 0.4) is 0 Å². The maximum absolute atomic E-state index is 10.3. The van der Waals surface area contributed by atoms with Gasteiger partial charge in [0.25, 0.3) is 0 Å². The summed E-state index contributed by atoms with van der Waals surface area (Å²) in [4.78, 5) is 4.11. The highest BCUT2D eigenvalue weighted by Crippen LogP contribution is 2.29. The first-order chi connectivity index (χ1) is 12.2. The van der Waals surface area contributed by atoms with E-state index in [-0.39, 0.29) is 0 Å². The van der Waals surface area contributed by atoms with Crippen molar-refractivity contribution in [3.63, 3.8) is 0 Å². The molecule has 0 aliphatic carbocycles. The van der Waals surface area contributed by atoms with Gasteiger partial charge >= 0.3 is 0 Å². The Morgan fingerprint density at radius 3 is 2.48 bits per heavy atom. The van der Waals surface area contributed by atoms with Crippen LogP contribution in [0.4, 0.5) is 0 Å². The van der Waals surface area contributed by atoms with Crippen LogP contribution in [0, 0.1) is 0 Å². The number of hydrogen-bond donors (Lipinski definition) is 3. The van der Waals surface area contributed by atoms with Gasteiger partial charge in [-0.25, -0.2) is 0 Å². The van der Waals surface area contributed by atoms with Crippen molar-refractivity contribution in [2.75, 3.05) is 13.1 Å². The van der Waals surface area contributed by atoms with Crippen molar-refractivity contribution in [2.24, 2.45) is 5.10 Å². The summed E-state index contributed by atoms with van der Waals surface area (Å²) in [6.07, 6.45) is 3.36. The first kappa shape index (κ1) is 19.2. The van der Waals surface area contributed by atoms with Gasteiger partial charge in [-0.3, -0.25) is 10.4 Å². The quantitative estimate of drug-likeness (QED) is 0.446. The van der Waals surface area contributed by atoms with Gasteiger partial charge in [0.1, 0.15) is 0 Å². The van der Waals surface area contributed by atoms with Crippen LogP contribution in [0.25, 0.3) is 0 Å². The fourth-order valence-electron chi connectivity index (χ4n) is 2.63. The maximum Gasteiger partial charge on any atom is 0.0920 e. The van der Waals surface area contributed by atoms with E-state index in [0.29, 0.717) is 0 Å². The predicted octanol–water partition coefficient (Wildman–Crippen LogP) is 2.61. The summed E-state index contributed by atoms with van der Waals surface area (Å²) in [6, 6.07) is 15.6. The molecule has 5 nitrogen and oxygen atoms in total. The molecule has 1 aliphatic heterocycles. The Balaban J connectivity index is 0.000000181. The molecule has 3 N–H and O–H groups in total. The van der Waals surface area contributed by atoms with Gasteiger partial charge in [-0.15, -0.1) is 0 Å². The van der Waals surface area contributed by atoms with E-state index in [9.17, 15) is 5.11 Å². The molecular weight excluding hydrogens is 332 g/mol. The molecular formula is C19H24N4OS. The number of pyridine rings is 1. The molecule has 2 heterocycles. The smallest absolute Gasteiger partial charge is 0.0920 e. The van der Waals surface area contributed by atoms with E-state index in [2.05, 4.69) is 33.0 Å². The summed E-state index contributed by atoms with van der Waals surface area (Å²) in [5.74, 6) is 0. The molecule has 1 saturated heterocycles. The molecule has 0 bridgehead atoms. The third-order valence-electron chi connectivity index (χ3n) is 4.06. The zero-order valence-corrected chi connectivity index (χ0v) is 15.2. The minimum absolute atomic E-state index is 0.591. The van der Waals surface area contributed by atoms with Crippen LogP contribution in [0.1, 0.15) is 31.0 Å². The first-order valence-corrected chi connectivity index (χ1v) is 8.76. The second kappa shape index (κ2) is 9.98. The number of thiocarbonyl (C=S) groups is 1. The Bertz CT molecular complexity index is 670. The van der Waals surface area contributed by atoms with Gasteiger partial charge in [0, 0.05) is 6.20 Å². The standard InChI is InChI=1S/C11H15NO.C8H9N3S/c13-11(6-8-12-9-7-11)10-4-2-1-3-5-10;1-7(11-10-6-12)8-4-2-3-5-9-8/h1-5,12-13H,6-9H2;2-6H,1H3,(H,10,12). The molecule has 2 aromatic rings. The number of hydrazone groups is 1. The fraction of sp³-hybridized carbons (Fsp3) is 0.316. The molecule has 0 unspecified atom stereocenters. The van der Waals surface area contributed by atoms with E-state index in [1.807, 2.05) is 55.5 Å². The van der Waals surface area contributed by atoms with Crippen LogP contribution in [-0.4, -0.2) is 34.4 Å². The summed E-state index contributed by atoms with van der Waals surface area (Å²) in [7, 11) is 0. The Hall–Kier alpha value is -2.15. The number of hydrogen-bond acceptors (Lipinski definition) is 5. The van der Waals surface area contributed by atoms with Gasteiger partial charge in [0.05, 0.1) is 22.5 Å². The van der Waals surface area contributed by atoms with Crippen LogP contribution in [0.2, 0.25) is 0 Å². The van der Waals surface area contributed by atoms with Crippen molar-refractivity contribution in [3.8, 4) is 0 Å². The second-order valence-electron chi connectivity index (χ2n) is 5.81.